The second-order valence-electron chi connectivity index (χ2n) is 10.7. The van der Waals surface area contributed by atoms with Crippen molar-refractivity contribution < 1.29 is 9.47 Å². The molecule has 6 heteroatoms. The summed E-state index contributed by atoms with van der Waals surface area (Å²) in [5.41, 5.74) is 4.30. The fourth-order valence-corrected chi connectivity index (χ4v) is 6.05. The summed E-state index contributed by atoms with van der Waals surface area (Å²) in [5, 5.41) is 9.54. The van der Waals surface area contributed by atoms with Gasteiger partial charge in [-0.3, -0.25) is 0 Å². The van der Waals surface area contributed by atoms with Gasteiger partial charge in [0, 0.05) is 16.1 Å². The van der Waals surface area contributed by atoms with Crippen molar-refractivity contribution in [2.45, 2.75) is 50.6 Å². The van der Waals surface area contributed by atoms with Crippen LogP contribution >= 0.6 is 23.2 Å². The van der Waals surface area contributed by atoms with Gasteiger partial charge in [-0.05, 0) is 111 Å². The third-order valence-corrected chi connectivity index (χ3v) is 8.73. The van der Waals surface area contributed by atoms with Gasteiger partial charge in [-0.1, -0.05) is 83.9 Å². The zero-order valence-corrected chi connectivity index (χ0v) is 26.3. The molecule has 42 heavy (non-hydrogen) atoms. The molecule has 0 amide bonds. The van der Waals surface area contributed by atoms with Crippen LogP contribution in [0.15, 0.2) is 97.1 Å². The molecule has 0 bridgehead atoms. The summed E-state index contributed by atoms with van der Waals surface area (Å²) in [6.07, 6.45) is 4.52. The van der Waals surface area contributed by atoms with Gasteiger partial charge in [0.25, 0.3) is 0 Å². The largest absolute Gasteiger partial charge is 0.497 e. The Morgan fingerprint density at radius 3 is 1.88 bits per heavy atom. The SMILES string of the molecule is COc1cccc(C[C@@](NCCCc2ccccc2Cl)(c2cccc(OC)c2)[C@@H](C)NCCCc2ccccc2Cl)c1. The molecule has 0 spiro atoms. The Bertz CT molecular complexity index is 1410. The molecule has 2 N–H and O–H groups in total. The second-order valence-corrected chi connectivity index (χ2v) is 11.5. The van der Waals surface area contributed by atoms with E-state index in [1.165, 1.54) is 22.3 Å². The first-order valence-electron chi connectivity index (χ1n) is 14.7. The topological polar surface area (TPSA) is 42.5 Å². The monoisotopic (exact) mass is 604 g/mol. The third-order valence-electron chi connectivity index (χ3n) is 7.99. The predicted octanol–water partition coefficient (Wildman–Crippen LogP) is 8.28. The molecule has 4 aromatic carbocycles. The lowest BCUT2D eigenvalue weighted by molar-refractivity contribution is 0.240. The van der Waals surface area contributed by atoms with Crippen LogP contribution in [0.3, 0.4) is 0 Å². The minimum absolute atomic E-state index is 0.0855. The van der Waals surface area contributed by atoms with E-state index in [0.29, 0.717) is 0 Å². The molecule has 4 aromatic rings. The van der Waals surface area contributed by atoms with Gasteiger partial charge < -0.3 is 20.1 Å². The molecule has 0 saturated heterocycles. The van der Waals surface area contributed by atoms with Gasteiger partial charge in [-0.25, -0.2) is 0 Å². The molecular formula is C36H42Cl2N2O2. The minimum atomic E-state index is -0.425. The molecule has 4 rings (SSSR count). The van der Waals surface area contributed by atoms with Gasteiger partial charge in [0.2, 0.25) is 0 Å². The van der Waals surface area contributed by atoms with Gasteiger partial charge in [0.15, 0.2) is 0 Å². The fraction of sp³-hybridized carbons (Fsp3) is 0.333. The molecule has 0 heterocycles. The number of methoxy groups -OCH3 is 2. The van der Waals surface area contributed by atoms with Gasteiger partial charge in [0.05, 0.1) is 19.8 Å². The maximum atomic E-state index is 6.47. The standard InChI is InChI=1S/C36H42Cl2N2O2/c1-27(39-22-10-15-29-13-4-6-20-34(29)37)36(31-17-9-19-33(25-31)42-3,26-28-12-8-18-32(24-28)41-2)40-23-11-16-30-14-5-7-21-35(30)38/h4-9,12-14,17-21,24-25,27,39-40H,10-11,15-16,22-23,26H2,1-3H3/t27-,36+/m1/s1. The van der Waals surface area contributed by atoms with E-state index in [1.54, 1.807) is 14.2 Å². The molecule has 0 radical (unpaired) electrons. The lowest BCUT2D eigenvalue weighted by Gasteiger charge is -2.42. The highest BCUT2D eigenvalue weighted by Crippen LogP contribution is 2.33. The van der Waals surface area contributed by atoms with Crippen LogP contribution in [0.5, 0.6) is 11.5 Å². The normalized spacial score (nSPS) is 13.4. The van der Waals surface area contributed by atoms with E-state index in [-0.39, 0.29) is 6.04 Å². The van der Waals surface area contributed by atoms with Crippen LogP contribution in [0.2, 0.25) is 10.0 Å². The third kappa shape index (κ3) is 8.52. The quantitative estimate of drug-likeness (QED) is 0.126. The van der Waals surface area contributed by atoms with Gasteiger partial charge >= 0.3 is 0 Å². The van der Waals surface area contributed by atoms with E-state index in [4.69, 9.17) is 32.7 Å². The number of nitrogens with one attached hydrogen (secondary N) is 2. The first kappa shape index (κ1) is 31.9. The van der Waals surface area contributed by atoms with Crippen LogP contribution in [0.1, 0.15) is 42.0 Å². The number of hydrogen-bond acceptors (Lipinski definition) is 4. The molecule has 0 aliphatic heterocycles. The fourth-order valence-electron chi connectivity index (χ4n) is 5.59. The van der Waals surface area contributed by atoms with Crippen LogP contribution in [-0.4, -0.2) is 33.4 Å². The van der Waals surface area contributed by atoms with Crippen molar-refractivity contribution in [3.63, 3.8) is 0 Å². The lowest BCUT2D eigenvalue weighted by Crippen LogP contribution is -2.58. The van der Waals surface area contributed by atoms with Crippen molar-refractivity contribution in [2.75, 3.05) is 27.3 Å². The maximum Gasteiger partial charge on any atom is 0.119 e. The van der Waals surface area contributed by atoms with E-state index < -0.39 is 5.54 Å². The maximum absolute atomic E-state index is 6.47. The van der Waals surface area contributed by atoms with Gasteiger partial charge in [0.1, 0.15) is 11.5 Å². The summed E-state index contributed by atoms with van der Waals surface area (Å²) >= 11 is 12.9. The molecule has 0 aliphatic carbocycles. The van der Waals surface area contributed by atoms with E-state index in [2.05, 4.69) is 66.1 Å². The van der Waals surface area contributed by atoms with E-state index in [9.17, 15) is 0 Å². The number of aryl methyl sites for hydroxylation is 2. The lowest BCUT2D eigenvalue weighted by atomic mass is 9.77. The highest BCUT2D eigenvalue weighted by atomic mass is 35.5. The summed E-state index contributed by atoms with van der Waals surface area (Å²) in [5.74, 6) is 1.69. The van der Waals surface area contributed by atoms with E-state index >= 15 is 0 Å². The average molecular weight is 606 g/mol. The number of halogens is 2. The molecule has 2 atom stereocenters. The molecule has 4 nitrogen and oxygen atoms in total. The zero-order valence-electron chi connectivity index (χ0n) is 24.8. The molecule has 0 aromatic heterocycles. The smallest absolute Gasteiger partial charge is 0.119 e. The summed E-state index contributed by atoms with van der Waals surface area (Å²) < 4.78 is 11.3. The number of rotatable bonds is 16. The Balaban J connectivity index is 1.60. The average Bonchev–Trinajstić information content (AvgIpc) is 3.02. The Labute approximate surface area is 261 Å². The van der Waals surface area contributed by atoms with Crippen molar-refractivity contribution in [2.24, 2.45) is 0 Å². The predicted molar refractivity (Wildman–Crippen MR) is 176 cm³/mol. The summed E-state index contributed by atoms with van der Waals surface area (Å²) in [6, 6.07) is 33.1. The van der Waals surface area contributed by atoms with Crippen molar-refractivity contribution in [3.05, 3.63) is 129 Å². The van der Waals surface area contributed by atoms with Crippen molar-refractivity contribution in [1.29, 1.82) is 0 Å². The molecule has 222 valence electrons. The molecule has 0 fully saturated rings. The molecule has 0 aliphatic rings. The first-order valence-corrected chi connectivity index (χ1v) is 15.4. The summed E-state index contributed by atoms with van der Waals surface area (Å²) in [4.78, 5) is 0. The molecular weight excluding hydrogens is 563 g/mol. The Hall–Kier alpha value is -3.02. The van der Waals surface area contributed by atoms with Crippen LogP contribution < -0.4 is 20.1 Å². The van der Waals surface area contributed by atoms with Crippen LogP contribution in [0.25, 0.3) is 0 Å². The summed E-state index contributed by atoms with van der Waals surface area (Å²) in [7, 11) is 3.43. The van der Waals surface area contributed by atoms with E-state index in [1.807, 2.05) is 48.5 Å². The van der Waals surface area contributed by atoms with Crippen molar-refractivity contribution >= 4 is 23.2 Å². The zero-order chi connectivity index (χ0) is 29.8. The second kappa shape index (κ2) is 16.0. The summed E-state index contributed by atoms with van der Waals surface area (Å²) in [6.45, 7) is 3.95. The van der Waals surface area contributed by atoms with Gasteiger partial charge in [-0.2, -0.15) is 0 Å². The van der Waals surface area contributed by atoms with Crippen LogP contribution in [0.4, 0.5) is 0 Å². The Morgan fingerprint density at radius 1 is 0.690 bits per heavy atom. The molecule has 0 saturated carbocycles. The Morgan fingerprint density at radius 2 is 1.26 bits per heavy atom. The van der Waals surface area contributed by atoms with Crippen molar-refractivity contribution in [1.82, 2.24) is 10.6 Å². The first-order chi connectivity index (χ1) is 20.4. The Kier molecular flexibility index (Phi) is 12.2. The molecule has 0 unspecified atom stereocenters. The number of ether oxygens (including phenoxy) is 2. The van der Waals surface area contributed by atoms with E-state index in [0.717, 1.165) is 66.7 Å². The van der Waals surface area contributed by atoms with Crippen LogP contribution in [-0.2, 0) is 24.8 Å². The highest BCUT2D eigenvalue weighted by molar-refractivity contribution is 6.31. The van der Waals surface area contributed by atoms with Crippen molar-refractivity contribution in [3.8, 4) is 11.5 Å². The minimum Gasteiger partial charge on any atom is -0.497 e. The van der Waals surface area contributed by atoms with Crippen LogP contribution in [0, 0.1) is 0 Å². The highest BCUT2D eigenvalue weighted by Gasteiger charge is 2.38. The van der Waals surface area contributed by atoms with Gasteiger partial charge in [-0.15, -0.1) is 0 Å². The number of benzene rings is 4. The number of hydrogen-bond donors (Lipinski definition) is 2.